The van der Waals surface area contributed by atoms with Crippen molar-refractivity contribution >= 4 is 58.1 Å². The van der Waals surface area contributed by atoms with Crippen molar-refractivity contribution in [2.24, 2.45) is 0 Å². The Labute approximate surface area is 190 Å². The lowest BCUT2D eigenvalue weighted by Crippen LogP contribution is -2.05. The van der Waals surface area contributed by atoms with E-state index in [1.165, 1.54) is 13.0 Å². The van der Waals surface area contributed by atoms with Crippen LogP contribution in [0.1, 0.15) is 48.5 Å². The van der Waals surface area contributed by atoms with E-state index >= 15 is 0 Å². The van der Waals surface area contributed by atoms with Crippen LogP contribution in [0.4, 0.5) is 0 Å². The van der Waals surface area contributed by atoms with E-state index in [0.717, 1.165) is 20.6 Å². The molecule has 0 aliphatic rings. The number of phenols is 1. The first kappa shape index (κ1) is 24.3. The van der Waals surface area contributed by atoms with Crippen LogP contribution in [0, 0.1) is 0 Å². The van der Waals surface area contributed by atoms with Crippen molar-refractivity contribution in [3.63, 3.8) is 0 Å². The van der Waals surface area contributed by atoms with Gasteiger partial charge in [-0.05, 0) is 66.6 Å². The highest BCUT2D eigenvalue weighted by Crippen LogP contribution is 2.40. The molecule has 1 heterocycles. The highest BCUT2D eigenvalue weighted by molar-refractivity contribution is 8.22. The topological polar surface area (TPSA) is 63.6 Å². The lowest BCUT2D eigenvalue weighted by atomic mass is 9.98. The predicted octanol–water partition coefficient (Wildman–Crippen LogP) is 6.51. The number of hydrogen-bond donors (Lipinski definition) is 1. The van der Waals surface area contributed by atoms with Gasteiger partial charge in [0, 0.05) is 10.5 Å². The van der Waals surface area contributed by atoms with Gasteiger partial charge in [-0.3, -0.25) is 9.59 Å². The van der Waals surface area contributed by atoms with E-state index < -0.39 is 0 Å². The molecule has 0 saturated carbocycles. The van der Waals surface area contributed by atoms with Crippen molar-refractivity contribution < 1.29 is 19.4 Å². The fourth-order valence-electron chi connectivity index (χ4n) is 2.80. The summed E-state index contributed by atoms with van der Waals surface area (Å²) >= 11 is 4.74. The third kappa shape index (κ3) is 6.27. The molecular formula is C23H26O4S3. The van der Waals surface area contributed by atoms with Crippen LogP contribution in [0.5, 0.6) is 11.5 Å². The van der Waals surface area contributed by atoms with Crippen molar-refractivity contribution in [3.8, 4) is 11.5 Å². The zero-order valence-electron chi connectivity index (χ0n) is 17.6. The fourth-order valence-corrected chi connectivity index (χ4v) is 5.71. The van der Waals surface area contributed by atoms with Gasteiger partial charge in [-0.15, -0.1) is 34.9 Å². The second kappa shape index (κ2) is 12.0. The third-order valence-corrected chi connectivity index (χ3v) is 7.02. The molecule has 0 aliphatic carbocycles. The zero-order valence-corrected chi connectivity index (χ0v) is 20.0. The summed E-state index contributed by atoms with van der Waals surface area (Å²) in [7, 11) is 0. The number of allylic oxidation sites excluding steroid dienone is 2. The van der Waals surface area contributed by atoms with Gasteiger partial charge >= 0.3 is 0 Å². The summed E-state index contributed by atoms with van der Waals surface area (Å²) in [6, 6.07) is 7.04. The third-order valence-electron chi connectivity index (χ3n) is 3.97. The molecular weight excluding hydrogens is 436 g/mol. The van der Waals surface area contributed by atoms with Gasteiger partial charge in [-0.2, -0.15) is 0 Å². The van der Waals surface area contributed by atoms with Gasteiger partial charge in [0.05, 0.1) is 10.8 Å². The number of thiophene rings is 1. The molecule has 4 nitrogen and oxygen atoms in total. The quantitative estimate of drug-likeness (QED) is 0.303. The highest BCUT2D eigenvalue weighted by atomic mass is 32.2. The zero-order chi connectivity index (χ0) is 22.1. The molecule has 30 heavy (non-hydrogen) atoms. The molecule has 0 bridgehead atoms. The number of thioether (sulfide) groups is 2. The molecule has 0 atom stereocenters. The van der Waals surface area contributed by atoms with Crippen LogP contribution < -0.4 is 4.74 Å². The maximum absolute atomic E-state index is 13.3. The lowest BCUT2D eigenvalue weighted by Gasteiger charge is -2.16. The molecule has 0 saturated heterocycles. The lowest BCUT2D eigenvalue weighted by molar-refractivity contribution is -0.109. The fraction of sp³-hybridized carbons (Fsp3) is 0.304. The molecule has 160 valence electrons. The molecule has 7 heteroatoms. The molecule has 2 aromatic rings. The maximum Gasteiger partial charge on any atom is 0.188 e. The van der Waals surface area contributed by atoms with Crippen LogP contribution in [-0.2, 0) is 4.79 Å². The molecule has 1 aromatic heterocycles. The Morgan fingerprint density at radius 3 is 2.40 bits per heavy atom. The largest absolute Gasteiger partial charge is 0.507 e. The molecule has 0 fully saturated rings. The molecule has 1 aromatic carbocycles. The van der Waals surface area contributed by atoms with Crippen LogP contribution in [0.25, 0.3) is 11.6 Å². The van der Waals surface area contributed by atoms with Crippen LogP contribution in [0.3, 0.4) is 0 Å². The SMILES string of the molecule is CCOc1cc(C(C(=O)/C=C/c2cccs2)=C(SCC)SCC)cc(O)c1C(C)=O. The average Bonchev–Trinajstić information content (AvgIpc) is 3.20. The first-order valence-corrected chi connectivity index (χ1v) is 12.5. The average molecular weight is 463 g/mol. The Morgan fingerprint density at radius 1 is 1.17 bits per heavy atom. The summed E-state index contributed by atoms with van der Waals surface area (Å²) in [6.45, 7) is 7.60. The van der Waals surface area contributed by atoms with E-state index in [0.29, 0.717) is 17.7 Å². The van der Waals surface area contributed by atoms with Gasteiger partial charge in [0.1, 0.15) is 17.1 Å². The predicted molar refractivity (Wildman–Crippen MR) is 131 cm³/mol. The van der Waals surface area contributed by atoms with E-state index in [9.17, 15) is 14.7 Å². The molecule has 0 amide bonds. The van der Waals surface area contributed by atoms with Gasteiger partial charge in [-0.25, -0.2) is 0 Å². The monoisotopic (exact) mass is 462 g/mol. The minimum Gasteiger partial charge on any atom is -0.507 e. The molecule has 0 aliphatic heterocycles. The highest BCUT2D eigenvalue weighted by Gasteiger charge is 2.22. The van der Waals surface area contributed by atoms with E-state index in [1.807, 2.05) is 38.3 Å². The van der Waals surface area contributed by atoms with Gasteiger partial charge < -0.3 is 9.84 Å². The summed E-state index contributed by atoms with van der Waals surface area (Å²) in [4.78, 5) is 26.3. The number of phenolic OH excluding ortho intramolecular Hbond substituents is 1. The Balaban J connectivity index is 2.65. The second-order valence-corrected chi connectivity index (χ2v) is 9.89. The Morgan fingerprint density at radius 2 is 1.87 bits per heavy atom. The van der Waals surface area contributed by atoms with Crippen LogP contribution >= 0.6 is 34.9 Å². The standard InChI is InChI=1S/C23H26O4S3/c1-5-27-20-14-16(13-19(26)21(20)15(4)24)22(23(28-6-2)29-7-3)18(25)11-10-17-9-8-12-30-17/h8-14,26H,5-7H2,1-4H3/b11-10+. The van der Waals surface area contributed by atoms with Crippen molar-refractivity contribution in [1.29, 1.82) is 0 Å². The number of carbonyl (C=O) groups excluding carboxylic acids is 2. The Hall–Kier alpha value is -1.96. The summed E-state index contributed by atoms with van der Waals surface area (Å²) in [5.74, 6) is 1.28. The molecule has 1 N–H and O–H groups in total. The van der Waals surface area contributed by atoms with E-state index in [-0.39, 0.29) is 28.6 Å². The van der Waals surface area contributed by atoms with Crippen LogP contribution in [0.2, 0.25) is 0 Å². The Kier molecular flexibility index (Phi) is 9.75. The smallest absolute Gasteiger partial charge is 0.188 e. The number of hydrogen-bond acceptors (Lipinski definition) is 7. The maximum atomic E-state index is 13.3. The van der Waals surface area contributed by atoms with Crippen LogP contribution in [-0.4, -0.2) is 34.8 Å². The molecule has 0 spiro atoms. The molecule has 2 rings (SSSR count). The minimum absolute atomic E-state index is 0.134. The van der Waals surface area contributed by atoms with Crippen molar-refractivity contribution in [2.75, 3.05) is 18.1 Å². The molecule has 0 radical (unpaired) electrons. The summed E-state index contributed by atoms with van der Waals surface area (Å²) in [5, 5.41) is 12.5. The normalized spacial score (nSPS) is 10.9. The first-order valence-electron chi connectivity index (χ1n) is 9.69. The van der Waals surface area contributed by atoms with Crippen LogP contribution in [0.15, 0.2) is 40.0 Å². The summed E-state index contributed by atoms with van der Waals surface area (Å²) < 4.78 is 6.51. The number of carbonyl (C=O) groups is 2. The first-order chi connectivity index (χ1) is 14.4. The van der Waals surface area contributed by atoms with E-state index in [4.69, 9.17) is 4.74 Å². The number of aromatic hydroxyl groups is 1. The summed E-state index contributed by atoms with van der Waals surface area (Å²) in [6.07, 6.45) is 3.36. The number of ether oxygens (including phenoxy) is 1. The van der Waals surface area contributed by atoms with Gasteiger partial charge in [0.15, 0.2) is 11.6 Å². The second-order valence-electron chi connectivity index (χ2n) is 6.10. The van der Waals surface area contributed by atoms with E-state index in [1.54, 1.807) is 53.1 Å². The van der Waals surface area contributed by atoms with Crippen molar-refractivity contribution in [2.45, 2.75) is 27.7 Å². The van der Waals surface area contributed by atoms with Crippen molar-refractivity contribution in [3.05, 3.63) is 56.0 Å². The molecule has 0 unspecified atom stereocenters. The number of rotatable bonds is 11. The minimum atomic E-state index is -0.289. The number of benzene rings is 1. The van der Waals surface area contributed by atoms with Crippen molar-refractivity contribution in [1.82, 2.24) is 0 Å². The van der Waals surface area contributed by atoms with Gasteiger partial charge in [0.25, 0.3) is 0 Å². The Bertz CT molecular complexity index is 936. The van der Waals surface area contributed by atoms with E-state index in [2.05, 4.69) is 0 Å². The van der Waals surface area contributed by atoms with Gasteiger partial charge in [0.2, 0.25) is 0 Å². The van der Waals surface area contributed by atoms with Gasteiger partial charge in [-0.1, -0.05) is 19.9 Å². The number of Topliss-reactive ketones (excluding diaryl/α,β-unsaturated/α-hetero) is 1. The summed E-state index contributed by atoms with van der Waals surface area (Å²) in [5.41, 5.74) is 1.18. The number of ketones is 2.